The molecule has 0 amide bonds. The van der Waals surface area contributed by atoms with Gasteiger partial charge in [-0.3, -0.25) is 0 Å². The molecular formula is C14H19N3O4S. The number of aromatic nitrogens is 1. The van der Waals surface area contributed by atoms with Gasteiger partial charge in [-0.25, -0.2) is 0 Å². The van der Waals surface area contributed by atoms with E-state index in [9.17, 15) is 8.42 Å². The van der Waals surface area contributed by atoms with Crippen molar-refractivity contribution < 1.29 is 17.4 Å². The van der Waals surface area contributed by atoms with Crippen molar-refractivity contribution in [3.8, 4) is 0 Å². The molecule has 1 N–H and O–H groups in total. The topological polar surface area (TPSA) is 88.6 Å². The Labute approximate surface area is 129 Å². The van der Waals surface area contributed by atoms with Crippen LogP contribution < -0.4 is 4.72 Å². The molecule has 2 aromatic heterocycles. The summed E-state index contributed by atoms with van der Waals surface area (Å²) >= 11 is 0. The van der Waals surface area contributed by atoms with Gasteiger partial charge in [0.2, 0.25) is 0 Å². The van der Waals surface area contributed by atoms with Crippen molar-refractivity contribution in [1.82, 2.24) is 14.2 Å². The fourth-order valence-electron chi connectivity index (χ4n) is 2.79. The van der Waals surface area contributed by atoms with E-state index in [0.29, 0.717) is 23.8 Å². The van der Waals surface area contributed by atoms with Gasteiger partial charge in [-0.1, -0.05) is 5.16 Å². The quantitative estimate of drug-likeness (QED) is 0.909. The fourth-order valence-corrected chi connectivity index (χ4v) is 4.20. The fraction of sp³-hybridized carbons (Fsp3) is 0.500. The van der Waals surface area contributed by atoms with Gasteiger partial charge in [-0.2, -0.15) is 17.4 Å². The maximum absolute atomic E-state index is 12.6. The molecule has 0 bridgehead atoms. The summed E-state index contributed by atoms with van der Waals surface area (Å²) in [6, 6.07) is 3.35. The Kier molecular flexibility index (Phi) is 4.07. The Hall–Kier alpha value is -1.64. The third kappa shape index (κ3) is 2.81. The van der Waals surface area contributed by atoms with Gasteiger partial charge in [0, 0.05) is 18.7 Å². The molecule has 120 valence electrons. The van der Waals surface area contributed by atoms with Gasteiger partial charge in [0.1, 0.15) is 11.5 Å². The smallest absolute Gasteiger partial charge is 0.280 e. The first-order valence-corrected chi connectivity index (χ1v) is 8.64. The highest BCUT2D eigenvalue weighted by molar-refractivity contribution is 7.87. The third-order valence-electron chi connectivity index (χ3n) is 4.00. The predicted octanol–water partition coefficient (Wildman–Crippen LogP) is 2.06. The number of rotatable bonds is 5. The highest BCUT2D eigenvalue weighted by atomic mass is 32.2. The molecule has 1 aliphatic heterocycles. The van der Waals surface area contributed by atoms with E-state index in [-0.39, 0.29) is 12.6 Å². The summed E-state index contributed by atoms with van der Waals surface area (Å²) in [7, 11) is -3.59. The molecule has 0 radical (unpaired) electrons. The van der Waals surface area contributed by atoms with Crippen molar-refractivity contribution in [1.29, 1.82) is 0 Å². The largest absolute Gasteiger partial charge is 0.468 e. The van der Waals surface area contributed by atoms with E-state index >= 15 is 0 Å². The Morgan fingerprint density at radius 1 is 1.45 bits per heavy atom. The van der Waals surface area contributed by atoms with Crippen LogP contribution in [0.5, 0.6) is 0 Å². The van der Waals surface area contributed by atoms with Crippen LogP contribution in [-0.2, 0) is 16.8 Å². The molecule has 0 spiro atoms. The number of hydrogen-bond acceptors (Lipinski definition) is 5. The lowest BCUT2D eigenvalue weighted by Crippen LogP contribution is -2.40. The van der Waals surface area contributed by atoms with Crippen LogP contribution in [0.4, 0.5) is 0 Å². The molecule has 3 heterocycles. The zero-order valence-corrected chi connectivity index (χ0v) is 13.4. The molecule has 1 unspecified atom stereocenters. The lowest BCUT2D eigenvalue weighted by molar-refractivity contribution is 0.335. The van der Waals surface area contributed by atoms with Crippen LogP contribution in [-0.4, -0.2) is 24.4 Å². The normalized spacial score (nSPS) is 19.8. The minimum atomic E-state index is -3.59. The third-order valence-corrected chi connectivity index (χ3v) is 5.56. The summed E-state index contributed by atoms with van der Waals surface area (Å²) in [5.74, 6) is 1.31. The molecule has 2 aromatic rings. The van der Waals surface area contributed by atoms with E-state index in [1.165, 1.54) is 4.31 Å². The number of hydrogen-bond donors (Lipinski definition) is 1. The second-order valence-electron chi connectivity index (χ2n) is 5.41. The van der Waals surface area contributed by atoms with Gasteiger partial charge < -0.3 is 8.94 Å². The molecule has 22 heavy (non-hydrogen) atoms. The van der Waals surface area contributed by atoms with Gasteiger partial charge in [-0.15, -0.1) is 0 Å². The molecule has 1 saturated heterocycles. The van der Waals surface area contributed by atoms with Crippen LogP contribution in [0.3, 0.4) is 0 Å². The van der Waals surface area contributed by atoms with Gasteiger partial charge in [-0.05, 0) is 38.8 Å². The standard InChI is InChI=1S/C14H19N3O4S/c1-10-12(11(2)21-16-10)9-15-22(18,19)17-7-3-5-13(17)14-6-4-8-20-14/h4,6,8,13,15H,3,5,7,9H2,1-2H3. The molecule has 0 aliphatic carbocycles. The van der Waals surface area contributed by atoms with Crippen LogP contribution in [0.25, 0.3) is 0 Å². The van der Waals surface area contributed by atoms with E-state index in [1.54, 1.807) is 26.2 Å². The molecule has 1 aliphatic rings. The van der Waals surface area contributed by atoms with E-state index in [2.05, 4.69) is 9.88 Å². The average molecular weight is 325 g/mol. The second-order valence-corrected chi connectivity index (χ2v) is 7.12. The SMILES string of the molecule is Cc1noc(C)c1CNS(=O)(=O)N1CCCC1c1ccco1. The highest BCUT2D eigenvalue weighted by Crippen LogP contribution is 2.34. The van der Waals surface area contributed by atoms with E-state index in [4.69, 9.17) is 8.94 Å². The van der Waals surface area contributed by atoms with Crippen molar-refractivity contribution >= 4 is 10.2 Å². The molecule has 3 rings (SSSR count). The maximum atomic E-state index is 12.6. The number of nitrogens with zero attached hydrogens (tertiary/aromatic N) is 2. The second kappa shape index (κ2) is 5.86. The van der Waals surface area contributed by atoms with Gasteiger partial charge in [0.05, 0.1) is 18.0 Å². The van der Waals surface area contributed by atoms with Crippen molar-refractivity contribution in [3.63, 3.8) is 0 Å². The summed E-state index contributed by atoms with van der Waals surface area (Å²) in [6.45, 7) is 4.22. The molecule has 7 nitrogen and oxygen atoms in total. The Morgan fingerprint density at radius 3 is 2.91 bits per heavy atom. The van der Waals surface area contributed by atoms with Crippen molar-refractivity contribution in [3.05, 3.63) is 41.2 Å². The molecule has 0 saturated carbocycles. The summed E-state index contributed by atoms with van der Waals surface area (Å²) in [6.07, 6.45) is 3.15. The van der Waals surface area contributed by atoms with E-state index < -0.39 is 10.2 Å². The van der Waals surface area contributed by atoms with Crippen molar-refractivity contribution in [2.75, 3.05) is 6.54 Å². The monoisotopic (exact) mass is 325 g/mol. The van der Waals surface area contributed by atoms with Gasteiger partial charge in [0.25, 0.3) is 10.2 Å². The summed E-state index contributed by atoms with van der Waals surface area (Å²) < 4.78 is 39.7. The summed E-state index contributed by atoms with van der Waals surface area (Å²) in [4.78, 5) is 0. The highest BCUT2D eigenvalue weighted by Gasteiger charge is 2.36. The van der Waals surface area contributed by atoms with Crippen LogP contribution >= 0.6 is 0 Å². The van der Waals surface area contributed by atoms with Gasteiger partial charge >= 0.3 is 0 Å². The Balaban J connectivity index is 1.75. The zero-order valence-electron chi connectivity index (χ0n) is 12.6. The minimum Gasteiger partial charge on any atom is -0.468 e. The number of furan rings is 1. The molecular weight excluding hydrogens is 306 g/mol. The molecule has 0 aromatic carbocycles. The van der Waals surface area contributed by atoms with Crippen LogP contribution in [0, 0.1) is 13.8 Å². The maximum Gasteiger partial charge on any atom is 0.280 e. The Bertz CT molecular complexity index is 717. The molecule has 8 heteroatoms. The van der Waals surface area contributed by atoms with Crippen LogP contribution in [0.15, 0.2) is 27.3 Å². The molecule has 1 atom stereocenters. The first kappa shape index (κ1) is 15.3. The lowest BCUT2D eigenvalue weighted by atomic mass is 10.2. The van der Waals surface area contributed by atoms with Gasteiger partial charge in [0.15, 0.2) is 0 Å². The summed E-state index contributed by atoms with van der Waals surface area (Å²) in [5, 5.41) is 3.83. The predicted molar refractivity (Wildman–Crippen MR) is 79.1 cm³/mol. The number of nitrogens with one attached hydrogen (secondary N) is 1. The Morgan fingerprint density at radius 2 is 2.27 bits per heavy atom. The molecule has 1 fully saturated rings. The minimum absolute atomic E-state index is 0.172. The first-order chi connectivity index (χ1) is 10.5. The van der Waals surface area contributed by atoms with Crippen molar-refractivity contribution in [2.24, 2.45) is 0 Å². The first-order valence-electron chi connectivity index (χ1n) is 7.20. The summed E-state index contributed by atoms with van der Waals surface area (Å²) in [5.41, 5.74) is 1.47. The number of aryl methyl sites for hydroxylation is 2. The van der Waals surface area contributed by atoms with E-state index in [0.717, 1.165) is 18.4 Å². The lowest BCUT2D eigenvalue weighted by Gasteiger charge is -2.22. The van der Waals surface area contributed by atoms with Crippen LogP contribution in [0.1, 0.15) is 41.7 Å². The van der Waals surface area contributed by atoms with Crippen LogP contribution in [0.2, 0.25) is 0 Å². The average Bonchev–Trinajstić information content (AvgIpc) is 3.18. The zero-order chi connectivity index (χ0) is 15.7. The van der Waals surface area contributed by atoms with Crippen molar-refractivity contribution in [2.45, 2.75) is 39.3 Å². The van der Waals surface area contributed by atoms with E-state index in [1.807, 2.05) is 6.07 Å².